The lowest BCUT2D eigenvalue weighted by Crippen LogP contribution is -2.63. The number of amides is 2. The molecule has 2 aromatic rings. The van der Waals surface area contributed by atoms with Gasteiger partial charge in [0.25, 0.3) is 0 Å². The van der Waals surface area contributed by atoms with E-state index in [-0.39, 0.29) is 23.3 Å². The molecule has 1 N–H and O–H groups in total. The standard InChI is InChI=1S/C23H27N3O3/c27-21(25-14-19-8-10-24-11-9-19)12-20-13-23(29-15-20)16-26(17-23)22(28)7-6-18-4-2-1-3-5-18/h1-5,8-11,20H,6-7,12-17H2,(H,25,27). The van der Waals surface area contributed by atoms with Crippen molar-refractivity contribution < 1.29 is 14.3 Å². The number of likely N-dealkylation sites (tertiary alicyclic amines) is 1. The van der Waals surface area contributed by atoms with E-state index in [0.717, 1.165) is 18.4 Å². The molecule has 6 heteroatoms. The van der Waals surface area contributed by atoms with Crippen LogP contribution in [0.3, 0.4) is 0 Å². The summed E-state index contributed by atoms with van der Waals surface area (Å²) < 4.78 is 6.01. The number of aryl methyl sites for hydroxylation is 1. The van der Waals surface area contributed by atoms with Crippen molar-refractivity contribution in [3.8, 4) is 0 Å². The van der Waals surface area contributed by atoms with E-state index in [1.807, 2.05) is 35.2 Å². The first-order chi connectivity index (χ1) is 14.1. The maximum atomic E-state index is 12.4. The van der Waals surface area contributed by atoms with Crippen LogP contribution in [0.15, 0.2) is 54.9 Å². The predicted octanol–water partition coefficient (Wildman–Crippen LogP) is 2.34. The summed E-state index contributed by atoms with van der Waals surface area (Å²) in [6, 6.07) is 13.9. The van der Waals surface area contributed by atoms with Crippen molar-refractivity contribution in [3.05, 3.63) is 66.0 Å². The number of nitrogens with one attached hydrogen (secondary N) is 1. The van der Waals surface area contributed by atoms with Crippen LogP contribution in [0, 0.1) is 5.92 Å². The number of carbonyl (C=O) groups excluding carboxylic acids is 2. The van der Waals surface area contributed by atoms with Gasteiger partial charge < -0.3 is 15.0 Å². The van der Waals surface area contributed by atoms with Crippen molar-refractivity contribution in [3.63, 3.8) is 0 Å². The lowest BCUT2D eigenvalue weighted by Gasteiger charge is -2.47. The highest BCUT2D eigenvalue weighted by atomic mass is 16.5. The normalized spacial score (nSPS) is 19.7. The van der Waals surface area contributed by atoms with E-state index < -0.39 is 0 Å². The fourth-order valence-electron chi connectivity index (χ4n) is 4.21. The van der Waals surface area contributed by atoms with Crippen LogP contribution in [-0.4, -0.2) is 47.0 Å². The SMILES string of the molecule is O=C(CC1COC2(C1)CN(C(=O)CCc1ccccc1)C2)NCc1ccncc1. The molecular formula is C23H27N3O3. The highest BCUT2D eigenvalue weighted by molar-refractivity contribution is 5.78. The number of nitrogens with zero attached hydrogens (tertiary/aromatic N) is 2. The Morgan fingerprint density at radius 3 is 2.62 bits per heavy atom. The molecule has 0 aliphatic carbocycles. The Balaban J connectivity index is 1.16. The second-order valence-electron chi connectivity index (χ2n) is 8.14. The van der Waals surface area contributed by atoms with Gasteiger partial charge in [-0.15, -0.1) is 0 Å². The average molecular weight is 393 g/mol. The highest BCUT2D eigenvalue weighted by Crippen LogP contribution is 2.39. The van der Waals surface area contributed by atoms with Gasteiger partial charge in [-0.25, -0.2) is 0 Å². The smallest absolute Gasteiger partial charge is 0.223 e. The van der Waals surface area contributed by atoms with Crippen molar-refractivity contribution in [2.45, 2.75) is 37.8 Å². The Morgan fingerprint density at radius 2 is 1.86 bits per heavy atom. The molecule has 1 aromatic carbocycles. The molecule has 1 unspecified atom stereocenters. The molecule has 2 aliphatic heterocycles. The van der Waals surface area contributed by atoms with Crippen LogP contribution in [0.2, 0.25) is 0 Å². The van der Waals surface area contributed by atoms with Crippen molar-refractivity contribution in [2.24, 2.45) is 5.92 Å². The van der Waals surface area contributed by atoms with Gasteiger partial charge in [-0.3, -0.25) is 14.6 Å². The van der Waals surface area contributed by atoms with Crippen LogP contribution in [-0.2, 0) is 27.3 Å². The van der Waals surface area contributed by atoms with E-state index in [9.17, 15) is 9.59 Å². The number of hydrogen-bond donors (Lipinski definition) is 1. The minimum atomic E-state index is -0.238. The van der Waals surface area contributed by atoms with Crippen molar-refractivity contribution in [1.29, 1.82) is 0 Å². The molecule has 2 amide bonds. The van der Waals surface area contributed by atoms with Crippen LogP contribution in [0.1, 0.15) is 30.4 Å². The first kappa shape index (κ1) is 19.6. The molecule has 1 aromatic heterocycles. The van der Waals surface area contributed by atoms with E-state index in [4.69, 9.17) is 4.74 Å². The minimum absolute atomic E-state index is 0.0441. The topological polar surface area (TPSA) is 71.5 Å². The molecule has 1 atom stereocenters. The molecule has 0 radical (unpaired) electrons. The van der Waals surface area contributed by atoms with Gasteiger partial charge in [-0.05, 0) is 42.0 Å². The number of pyridine rings is 1. The van der Waals surface area contributed by atoms with Gasteiger partial charge in [-0.1, -0.05) is 30.3 Å². The van der Waals surface area contributed by atoms with Crippen LogP contribution < -0.4 is 5.32 Å². The van der Waals surface area contributed by atoms with E-state index in [0.29, 0.717) is 39.1 Å². The minimum Gasteiger partial charge on any atom is -0.371 e. The molecule has 4 rings (SSSR count). The summed E-state index contributed by atoms with van der Waals surface area (Å²) in [6.45, 7) is 2.41. The zero-order valence-electron chi connectivity index (χ0n) is 16.5. The summed E-state index contributed by atoms with van der Waals surface area (Å²) in [6.07, 6.45) is 6.05. The van der Waals surface area contributed by atoms with E-state index in [2.05, 4.69) is 22.4 Å². The third-order valence-corrected chi connectivity index (χ3v) is 5.78. The van der Waals surface area contributed by atoms with Gasteiger partial charge in [0.15, 0.2) is 0 Å². The summed E-state index contributed by atoms with van der Waals surface area (Å²) in [7, 11) is 0. The summed E-state index contributed by atoms with van der Waals surface area (Å²) in [5.74, 6) is 0.443. The molecule has 2 fully saturated rings. The zero-order valence-corrected chi connectivity index (χ0v) is 16.5. The molecule has 0 saturated carbocycles. The van der Waals surface area contributed by atoms with Crippen molar-refractivity contribution in [2.75, 3.05) is 19.7 Å². The Morgan fingerprint density at radius 1 is 1.10 bits per heavy atom. The van der Waals surface area contributed by atoms with Gasteiger partial charge in [0.1, 0.15) is 5.60 Å². The third-order valence-electron chi connectivity index (χ3n) is 5.78. The maximum absolute atomic E-state index is 12.4. The van der Waals surface area contributed by atoms with Gasteiger partial charge in [0.05, 0.1) is 19.7 Å². The molecule has 152 valence electrons. The summed E-state index contributed by atoms with van der Waals surface area (Å²) >= 11 is 0. The van der Waals surface area contributed by atoms with E-state index >= 15 is 0 Å². The second-order valence-corrected chi connectivity index (χ2v) is 8.14. The quantitative estimate of drug-likeness (QED) is 0.784. The van der Waals surface area contributed by atoms with E-state index in [1.165, 1.54) is 5.56 Å². The molecule has 29 heavy (non-hydrogen) atoms. The molecule has 3 heterocycles. The molecule has 1 spiro atoms. The van der Waals surface area contributed by atoms with Crippen molar-refractivity contribution >= 4 is 11.8 Å². The summed E-state index contributed by atoms with van der Waals surface area (Å²) in [5, 5.41) is 2.96. The lowest BCUT2D eigenvalue weighted by molar-refractivity contribution is -0.157. The molecule has 2 aliphatic rings. The molecule has 6 nitrogen and oxygen atoms in total. The molecular weight excluding hydrogens is 366 g/mol. The predicted molar refractivity (Wildman–Crippen MR) is 109 cm³/mol. The second kappa shape index (κ2) is 8.74. The highest BCUT2D eigenvalue weighted by Gasteiger charge is 2.51. The number of ether oxygens (including phenoxy) is 1. The molecule has 2 saturated heterocycles. The Bertz CT molecular complexity index is 835. The summed E-state index contributed by atoms with van der Waals surface area (Å²) in [4.78, 5) is 30.5. The third kappa shape index (κ3) is 5.01. The Labute approximate surface area is 171 Å². The first-order valence-corrected chi connectivity index (χ1v) is 10.2. The Hall–Kier alpha value is -2.73. The average Bonchev–Trinajstić information content (AvgIpc) is 3.15. The van der Waals surface area contributed by atoms with Gasteiger partial charge in [-0.2, -0.15) is 0 Å². The van der Waals surface area contributed by atoms with Crippen LogP contribution in [0.5, 0.6) is 0 Å². The monoisotopic (exact) mass is 393 g/mol. The number of aromatic nitrogens is 1. The van der Waals surface area contributed by atoms with Gasteiger partial charge in [0.2, 0.25) is 11.8 Å². The fraction of sp³-hybridized carbons (Fsp3) is 0.435. The van der Waals surface area contributed by atoms with Gasteiger partial charge in [0, 0.05) is 31.8 Å². The molecule has 0 bridgehead atoms. The van der Waals surface area contributed by atoms with E-state index in [1.54, 1.807) is 12.4 Å². The first-order valence-electron chi connectivity index (χ1n) is 10.2. The fourth-order valence-corrected chi connectivity index (χ4v) is 4.21. The number of hydrogen-bond acceptors (Lipinski definition) is 4. The largest absolute Gasteiger partial charge is 0.371 e. The van der Waals surface area contributed by atoms with Crippen LogP contribution in [0.25, 0.3) is 0 Å². The number of rotatable bonds is 7. The Kier molecular flexibility index (Phi) is 5.90. The number of benzene rings is 1. The van der Waals surface area contributed by atoms with Gasteiger partial charge >= 0.3 is 0 Å². The number of carbonyl (C=O) groups is 2. The summed E-state index contributed by atoms with van der Waals surface area (Å²) in [5.41, 5.74) is 1.99. The van der Waals surface area contributed by atoms with Crippen molar-refractivity contribution in [1.82, 2.24) is 15.2 Å². The van der Waals surface area contributed by atoms with Crippen LogP contribution >= 0.6 is 0 Å². The zero-order chi connectivity index (χ0) is 20.1. The van der Waals surface area contributed by atoms with Crippen LogP contribution in [0.4, 0.5) is 0 Å². The lowest BCUT2D eigenvalue weighted by atomic mass is 9.85. The maximum Gasteiger partial charge on any atom is 0.223 e.